The Balaban J connectivity index is 1.81. The predicted molar refractivity (Wildman–Crippen MR) is 106 cm³/mol. The summed E-state index contributed by atoms with van der Waals surface area (Å²) in [5.74, 6) is -0.234. The summed E-state index contributed by atoms with van der Waals surface area (Å²) in [7, 11) is 2.11. The lowest BCUT2D eigenvalue weighted by atomic mass is 10.2. The first-order chi connectivity index (χ1) is 12.5. The lowest BCUT2D eigenvalue weighted by molar-refractivity contribution is 0.102. The highest BCUT2D eigenvalue weighted by Gasteiger charge is 2.14. The van der Waals surface area contributed by atoms with E-state index in [1.807, 2.05) is 28.8 Å². The Kier molecular flexibility index (Phi) is 5.59. The number of carbonyl (C=O) groups is 1. The highest BCUT2D eigenvalue weighted by Crippen LogP contribution is 2.21. The van der Waals surface area contributed by atoms with E-state index in [-0.39, 0.29) is 5.91 Å². The van der Waals surface area contributed by atoms with Gasteiger partial charge in [-0.25, -0.2) is 4.98 Å². The zero-order chi connectivity index (χ0) is 18.7. The number of carbonyl (C=O) groups excluding carboxylic acids is 1. The van der Waals surface area contributed by atoms with Crippen molar-refractivity contribution in [2.24, 2.45) is 0 Å². The second-order valence-corrected chi connectivity index (χ2v) is 7.07. The molecule has 0 bridgehead atoms. The molecule has 3 aromatic rings. The molecule has 0 aliphatic heterocycles. The predicted octanol–water partition coefficient (Wildman–Crippen LogP) is 4.12. The smallest absolute Gasteiger partial charge is 0.274 e. The Morgan fingerprint density at radius 3 is 2.77 bits per heavy atom. The highest BCUT2D eigenvalue weighted by atomic mass is 35.5. The van der Waals surface area contributed by atoms with E-state index in [2.05, 4.69) is 42.2 Å². The number of imidazole rings is 1. The fourth-order valence-electron chi connectivity index (χ4n) is 2.65. The van der Waals surface area contributed by atoms with Gasteiger partial charge < -0.3 is 10.2 Å². The number of para-hydroxylation sites is 1. The molecule has 5 nitrogen and oxygen atoms in total. The van der Waals surface area contributed by atoms with Crippen molar-refractivity contribution in [3.8, 4) is 0 Å². The summed E-state index contributed by atoms with van der Waals surface area (Å²) < 4.78 is 1.83. The first-order valence-corrected chi connectivity index (χ1v) is 9.05. The van der Waals surface area contributed by atoms with Crippen LogP contribution in [0.1, 0.15) is 29.9 Å². The minimum atomic E-state index is -0.234. The summed E-state index contributed by atoms with van der Waals surface area (Å²) in [6.07, 6.45) is 4.48. The second-order valence-electron chi connectivity index (χ2n) is 6.67. The SMILES string of the molecule is CC(C)N(C)CCc1ccc2ncc(C(=O)Nc3ccccc3Cl)n2c1. The summed E-state index contributed by atoms with van der Waals surface area (Å²) >= 11 is 6.13. The van der Waals surface area contributed by atoms with Gasteiger partial charge in [-0.15, -0.1) is 0 Å². The molecule has 26 heavy (non-hydrogen) atoms. The van der Waals surface area contributed by atoms with Crippen molar-refractivity contribution in [3.05, 3.63) is 65.1 Å². The highest BCUT2D eigenvalue weighted by molar-refractivity contribution is 6.33. The number of fused-ring (bicyclic) bond motifs is 1. The number of rotatable bonds is 6. The number of anilines is 1. The first kappa shape index (κ1) is 18.4. The number of nitrogens with zero attached hydrogens (tertiary/aromatic N) is 3. The number of hydrogen-bond acceptors (Lipinski definition) is 3. The number of pyridine rings is 1. The van der Waals surface area contributed by atoms with Gasteiger partial charge in [0.15, 0.2) is 0 Å². The molecular formula is C20H23ClN4O. The van der Waals surface area contributed by atoms with Crippen LogP contribution in [-0.4, -0.2) is 39.8 Å². The van der Waals surface area contributed by atoms with Crippen molar-refractivity contribution in [2.75, 3.05) is 18.9 Å². The van der Waals surface area contributed by atoms with E-state index in [1.165, 1.54) is 0 Å². The third-order valence-electron chi connectivity index (χ3n) is 4.56. The largest absolute Gasteiger partial charge is 0.319 e. The Labute approximate surface area is 158 Å². The molecule has 6 heteroatoms. The normalized spacial score (nSPS) is 11.5. The Bertz CT molecular complexity index is 919. The molecule has 2 aromatic heterocycles. The molecule has 1 aromatic carbocycles. The number of nitrogens with one attached hydrogen (secondary N) is 1. The minimum Gasteiger partial charge on any atom is -0.319 e. The number of halogens is 1. The van der Waals surface area contributed by atoms with Gasteiger partial charge in [0.05, 0.1) is 16.9 Å². The average molecular weight is 371 g/mol. The van der Waals surface area contributed by atoms with Gasteiger partial charge in [0, 0.05) is 18.8 Å². The molecule has 0 saturated heterocycles. The number of likely N-dealkylation sites (N-methyl/N-ethyl adjacent to an activating group) is 1. The minimum absolute atomic E-state index is 0.234. The van der Waals surface area contributed by atoms with Gasteiger partial charge in [-0.05, 0) is 51.1 Å². The fraction of sp³-hybridized carbons (Fsp3) is 0.300. The summed E-state index contributed by atoms with van der Waals surface area (Å²) in [5, 5.41) is 3.36. The van der Waals surface area contributed by atoms with E-state index in [9.17, 15) is 4.79 Å². The number of hydrogen-bond donors (Lipinski definition) is 1. The molecule has 2 heterocycles. The van der Waals surface area contributed by atoms with E-state index in [1.54, 1.807) is 18.3 Å². The van der Waals surface area contributed by atoms with Gasteiger partial charge in [-0.3, -0.25) is 9.20 Å². The van der Waals surface area contributed by atoms with Crippen LogP contribution in [0.3, 0.4) is 0 Å². The lowest BCUT2D eigenvalue weighted by Crippen LogP contribution is -2.28. The van der Waals surface area contributed by atoms with Crippen molar-refractivity contribution in [3.63, 3.8) is 0 Å². The maximum absolute atomic E-state index is 12.7. The van der Waals surface area contributed by atoms with Crippen LogP contribution in [0.4, 0.5) is 5.69 Å². The van der Waals surface area contributed by atoms with Crippen molar-refractivity contribution in [1.29, 1.82) is 0 Å². The molecule has 1 N–H and O–H groups in total. The lowest BCUT2D eigenvalue weighted by Gasteiger charge is -2.20. The molecule has 0 aliphatic rings. The van der Waals surface area contributed by atoms with Crippen LogP contribution in [0.15, 0.2) is 48.8 Å². The fourth-order valence-corrected chi connectivity index (χ4v) is 2.84. The van der Waals surface area contributed by atoms with Crippen molar-refractivity contribution in [1.82, 2.24) is 14.3 Å². The molecule has 0 fully saturated rings. The summed E-state index contributed by atoms with van der Waals surface area (Å²) in [4.78, 5) is 19.3. The Morgan fingerprint density at radius 1 is 1.27 bits per heavy atom. The Hall–Kier alpha value is -2.37. The van der Waals surface area contributed by atoms with Crippen molar-refractivity contribution in [2.45, 2.75) is 26.3 Å². The van der Waals surface area contributed by atoms with E-state index in [0.29, 0.717) is 22.4 Å². The molecule has 136 valence electrons. The molecule has 3 rings (SSSR count). The van der Waals surface area contributed by atoms with Gasteiger partial charge in [0.25, 0.3) is 5.91 Å². The van der Waals surface area contributed by atoms with Crippen LogP contribution >= 0.6 is 11.6 Å². The van der Waals surface area contributed by atoms with Crippen LogP contribution < -0.4 is 5.32 Å². The summed E-state index contributed by atoms with van der Waals surface area (Å²) in [5.41, 5.74) is 2.98. The molecule has 0 aliphatic carbocycles. The van der Waals surface area contributed by atoms with Crippen LogP contribution in [0.25, 0.3) is 5.65 Å². The van der Waals surface area contributed by atoms with Crippen molar-refractivity contribution < 1.29 is 4.79 Å². The topological polar surface area (TPSA) is 49.6 Å². The molecule has 0 atom stereocenters. The molecule has 1 amide bonds. The molecular weight excluding hydrogens is 348 g/mol. The number of aromatic nitrogens is 2. The first-order valence-electron chi connectivity index (χ1n) is 8.68. The molecule has 0 unspecified atom stereocenters. The maximum atomic E-state index is 12.7. The quantitative estimate of drug-likeness (QED) is 0.710. The van der Waals surface area contributed by atoms with E-state index >= 15 is 0 Å². The summed E-state index contributed by atoms with van der Waals surface area (Å²) in [6.45, 7) is 5.31. The van der Waals surface area contributed by atoms with E-state index in [4.69, 9.17) is 11.6 Å². The van der Waals surface area contributed by atoms with Crippen LogP contribution in [0.5, 0.6) is 0 Å². The van der Waals surface area contributed by atoms with Crippen LogP contribution in [-0.2, 0) is 6.42 Å². The molecule has 0 saturated carbocycles. The average Bonchev–Trinajstić information content (AvgIpc) is 3.04. The zero-order valence-electron chi connectivity index (χ0n) is 15.2. The zero-order valence-corrected chi connectivity index (χ0v) is 16.0. The van der Waals surface area contributed by atoms with Crippen LogP contribution in [0, 0.1) is 0 Å². The monoisotopic (exact) mass is 370 g/mol. The van der Waals surface area contributed by atoms with E-state index in [0.717, 1.165) is 24.2 Å². The standard InChI is InChI=1S/C20H23ClN4O/c1-14(2)24(3)11-10-15-8-9-19-22-12-18(25(19)13-15)20(26)23-17-7-5-4-6-16(17)21/h4-9,12-14H,10-11H2,1-3H3,(H,23,26). The van der Waals surface area contributed by atoms with Gasteiger partial charge in [0.2, 0.25) is 0 Å². The third kappa shape index (κ3) is 4.06. The van der Waals surface area contributed by atoms with Gasteiger partial charge >= 0.3 is 0 Å². The van der Waals surface area contributed by atoms with Crippen LogP contribution in [0.2, 0.25) is 5.02 Å². The summed E-state index contributed by atoms with van der Waals surface area (Å²) in [6, 6.07) is 11.7. The number of benzene rings is 1. The van der Waals surface area contributed by atoms with Crippen molar-refractivity contribution >= 4 is 28.8 Å². The Morgan fingerprint density at radius 2 is 2.04 bits per heavy atom. The second kappa shape index (κ2) is 7.89. The van der Waals surface area contributed by atoms with Gasteiger partial charge in [0.1, 0.15) is 11.3 Å². The molecule has 0 radical (unpaired) electrons. The molecule has 0 spiro atoms. The number of amides is 1. The maximum Gasteiger partial charge on any atom is 0.274 e. The van der Waals surface area contributed by atoms with Gasteiger partial charge in [-0.1, -0.05) is 29.8 Å². The third-order valence-corrected chi connectivity index (χ3v) is 4.89. The van der Waals surface area contributed by atoms with Gasteiger partial charge in [-0.2, -0.15) is 0 Å². The van der Waals surface area contributed by atoms with E-state index < -0.39 is 0 Å².